The number of hydrogen-bond donors (Lipinski definition) is 1. The molecule has 0 radical (unpaired) electrons. The predicted octanol–water partition coefficient (Wildman–Crippen LogP) is 5.76. The van der Waals surface area contributed by atoms with Gasteiger partial charge in [0.05, 0.1) is 13.2 Å². The molecular weight excluding hydrogens is 348 g/mol. The van der Waals surface area contributed by atoms with Crippen molar-refractivity contribution in [2.45, 2.75) is 91.1 Å². The molecule has 3 aliphatic carbocycles. The molecule has 0 heterocycles. The highest BCUT2D eigenvalue weighted by molar-refractivity contribution is 5.69. The summed E-state index contributed by atoms with van der Waals surface area (Å²) in [5.41, 5.74) is 0.417. The van der Waals surface area contributed by atoms with Crippen LogP contribution in [-0.2, 0) is 9.53 Å². The van der Waals surface area contributed by atoms with Gasteiger partial charge in [0, 0.05) is 6.42 Å². The molecule has 8 atom stereocenters. The number of allylic oxidation sites excluding steroid dienone is 2. The molecule has 3 heteroatoms. The maximum atomic E-state index is 11.6. The van der Waals surface area contributed by atoms with Gasteiger partial charge in [0.25, 0.3) is 0 Å². The minimum atomic E-state index is -0.103. The molecule has 0 bridgehead atoms. The normalized spacial score (nSPS) is 42.3. The Balaban J connectivity index is 1.64. The van der Waals surface area contributed by atoms with E-state index in [0.717, 1.165) is 37.5 Å². The van der Waals surface area contributed by atoms with Crippen LogP contribution < -0.4 is 0 Å². The van der Waals surface area contributed by atoms with E-state index in [2.05, 4.69) is 32.9 Å². The van der Waals surface area contributed by atoms with Gasteiger partial charge in [0.1, 0.15) is 0 Å². The number of methoxy groups -OCH3 is 1. The fourth-order valence-electron chi connectivity index (χ4n) is 6.99. The van der Waals surface area contributed by atoms with E-state index in [1.165, 1.54) is 39.2 Å². The molecule has 0 spiro atoms. The van der Waals surface area contributed by atoms with Gasteiger partial charge in [-0.2, -0.15) is 0 Å². The molecule has 7 unspecified atom stereocenters. The first kappa shape index (κ1) is 21.9. The summed E-state index contributed by atoms with van der Waals surface area (Å²) in [4.78, 5) is 11.6. The van der Waals surface area contributed by atoms with E-state index in [1.807, 2.05) is 0 Å². The molecular formula is C25H42O3. The fraction of sp³-hybridized carbons (Fsp3) is 0.880. The standard InChI is InChI=1S/C25H42O3/c1-17-7-11-21(26)16-20(17)10-9-19-6-5-15-25(3)22(12-13-23(19)25)18(2)8-14-24(27)28-4/h9-10,17-23,26H,5-8,11-16H2,1-4H3/t17?,18-,19?,20?,21?,22?,23?,25?/m1/s1. The van der Waals surface area contributed by atoms with Gasteiger partial charge in [-0.1, -0.05) is 39.3 Å². The molecule has 3 saturated carbocycles. The van der Waals surface area contributed by atoms with Crippen molar-refractivity contribution in [1.29, 1.82) is 0 Å². The number of esters is 1. The Bertz CT molecular complexity index is 556. The monoisotopic (exact) mass is 390 g/mol. The zero-order valence-electron chi connectivity index (χ0n) is 18.5. The van der Waals surface area contributed by atoms with Crippen LogP contribution in [0.5, 0.6) is 0 Å². The predicted molar refractivity (Wildman–Crippen MR) is 114 cm³/mol. The summed E-state index contributed by atoms with van der Waals surface area (Å²) in [5, 5.41) is 10.1. The van der Waals surface area contributed by atoms with E-state index in [9.17, 15) is 9.90 Å². The van der Waals surface area contributed by atoms with Crippen molar-refractivity contribution >= 4 is 5.97 Å². The summed E-state index contributed by atoms with van der Waals surface area (Å²) in [5.74, 6) is 3.98. The lowest BCUT2D eigenvalue weighted by atomic mass is 9.59. The van der Waals surface area contributed by atoms with Crippen LogP contribution in [0, 0.1) is 40.9 Å². The van der Waals surface area contributed by atoms with E-state index >= 15 is 0 Å². The van der Waals surface area contributed by atoms with Crippen molar-refractivity contribution in [2.24, 2.45) is 40.9 Å². The maximum Gasteiger partial charge on any atom is 0.305 e. The van der Waals surface area contributed by atoms with Gasteiger partial charge >= 0.3 is 5.97 Å². The van der Waals surface area contributed by atoms with Crippen molar-refractivity contribution in [3.05, 3.63) is 12.2 Å². The molecule has 160 valence electrons. The van der Waals surface area contributed by atoms with Crippen LogP contribution in [0.3, 0.4) is 0 Å². The highest BCUT2D eigenvalue weighted by atomic mass is 16.5. The van der Waals surface area contributed by atoms with Crippen LogP contribution in [0.2, 0.25) is 0 Å². The smallest absolute Gasteiger partial charge is 0.305 e. The highest BCUT2D eigenvalue weighted by Crippen LogP contribution is 2.60. The van der Waals surface area contributed by atoms with E-state index in [1.54, 1.807) is 0 Å². The van der Waals surface area contributed by atoms with Gasteiger partial charge in [-0.25, -0.2) is 0 Å². The lowest BCUT2D eigenvalue weighted by Crippen LogP contribution is -2.38. The van der Waals surface area contributed by atoms with Crippen LogP contribution in [0.25, 0.3) is 0 Å². The second-order valence-corrected chi connectivity index (χ2v) is 10.4. The average molecular weight is 391 g/mol. The first-order valence-corrected chi connectivity index (χ1v) is 11.8. The van der Waals surface area contributed by atoms with Crippen molar-refractivity contribution in [3.63, 3.8) is 0 Å². The molecule has 0 aliphatic heterocycles. The van der Waals surface area contributed by atoms with Gasteiger partial charge in [0.15, 0.2) is 0 Å². The first-order chi connectivity index (χ1) is 13.3. The molecule has 0 aromatic heterocycles. The largest absolute Gasteiger partial charge is 0.469 e. The van der Waals surface area contributed by atoms with Crippen LogP contribution in [-0.4, -0.2) is 24.3 Å². The Morgan fingerprint density at radius 2 is 1.93 bits per heavy atom. The number of aliphatic hydroxyl groups excluding tert-OH is 1. The highest BCUT2D eigenvalue weighted by Gasteiger charge is 2.51. The second-order valence-electron chi connectivity index (χ2n) is 10.4. The number of fused-ring (bicyclic) bond motifs is 1. The molecule has 3 rings (SSSR count). The van der Waals surface area contributed by atoms with Crippen molar-refractivity contribution in [1.82, 2.24) is 0 Å². The van der Waals surface area contributed by atoms with E-state index < -0.39 is 0 Å². The molecule has 0 saturated heterocycles. The van der Waals surface area contributed by atoms with Crippen molar-refractivity contribution < 1.29 is 14.6 Å². The van der Waals surface area contributed by atoms with E-state index in [-0.39, 0.29) is 12.1 Å². The molecule has 0 amide bonds. The maximum absolute atomic E-state index is 11.6. The Kier molecular flexibility index (Phi) is 7.28. The van der Waals surface area contributed by atoms with E-state index in [0.29, 0.717) is 35.5 Å². The third-order valence-corrected chi connectivity index (χ3v) is 8.81. The fourth-order valence-corrected chi connectivity index (χ4v) is 6.99. The molecule has 28 heavy (non-hydrogen) atoms. The summed E-state index contributed by atoms with van der Waals surface area (Å²) in [6.45, 7) is 7.24. The Labute approximate surface area is 172 Å². The third-order valence-electron chi connectivity index (χ3n) is 8.81. The summed E-state index contributed by atoms with van der Waals surface area (Å²) >= 11 is 0. The molecule has 0 aromatic rings. The van der Waals surface area contributed by atoms with Gasteiger partial charge in [0.2, 0.25) is 0 Å². The zero-order chi connectivity index (χ0) is 20.3. The second kappa shape index (κ2) is 9.32. The summed E-state index contributed by atoms with van der Waals surface area (Å²) < 4.78 is 4.85. The van der Waals surface area contributed by atoms with Crippen molar-refractivity contribution in [3.8, 4) is 0 Å². The summed E-state index contributed by atoms with van der Waals surface area (Å²) in [7, 11) is 1.49. The van der Waals surface area contributed by atoms with Crippen LogP contribution in [0.4, 0.5) is 0 Å². The van der Waals surface area contributed by atoms with Gasteiger partial charge in [-0.15, -0.1) is 0 Å². The molecule has 0 aromatic carbocycles. The van der Waals surface area contributed by atoms with Gasteiger partial charge in [-0.05, 0) is 92.3 Å². The van der Waals surface area contributed by atoms with Crippen LogP contribution in [0.15, 0.2) is 12.2 Å². The Hall–Kier alpha value is -0.830. The molecule has 3 fully saturated rings. The molecule has 1 N–H and O–H groups in total. The molecule has 3 aliphatic rings. The van der Waals surface area contributed by atoms with Gasteiger partial charge < -0.3 is 9.84 Å². The number of aliphatic hydroxyl groups is 1. The summed E-state index contributed by atoms with van der Waals surface area (Å²) in [6.07, 6.45) is 16.1. The quantitative estimate of drug-likeness (QED) is 0.463. The summed E-state index contributed by atoms with van der Waals surface area (Å²) in [6, 6.07) is 0. The molecule has 3 nitrogen and oxygen atoms in total. The Morgan fingerprint density at radius 1 is 1.18 bits per heavy atom. The number of ether oxygens (including phenoxy) is 1. The minimum Gasteiger partial charge on any atom is -0.469 e. The number of rotatable bonds is 6. The number of carbonyl (C=O) groups excluding carboxylic acids is 1. The lowest BCUT2D eigenvalue weighted by molar-refractivity contribution is -0.141. The van der Waals surface area contributed by atoms with Gasteiger partial charge in [-0.3, -0.25) is 4.79 Å². The Morgan fingerprint density at radius 3 is 2.68 bits per heavy atom. The lowest BCUT2D eigenvalue weighted by Gasteiger charge is -2.46. The average Bonchev–Trinajstić information content (AvgIpc) is 3.04. The number of carbonyl (C=O) groups is 1. The topological polar surface area (TPSA) is 46.5 Å². The minimum absolute atomic E-state index is 0.0696. The van der Waals surface area contributed by atoms with Crippen molar-refractivity contribution in [2.75, 3.05) is 7.11 Å². The van der Waals surface area contributed by atoms with Crippen LogP contribution in [0.1, 0.15) is 85.0 Å². The third kappa shape index (κ3) is 4.66. The number of hydrogen-bond acceptors (Lipinski definition) is 3. The van der Waals surface area contributed by atoms with E-state index in [4.69, 9.17) is 4.74 Å². The zero-order valence-corrected chi connectivity index (χ0v) is 18.5. The van der Waals surface area contributed by atoms with Crippen LogP contribution >= 0.6 is 0 Å². The SMILES string of the molecule is COC(=O)CC[C@@H](C)C1CCC2C(C=CC3CC(O)CCC3C)CCCC21C. The first-order valence-electron chi connectivity index (χ1n) is 11.8.